The number of halogens is 2. The summed E-state index contributed by atoms with van der Waals surface area (Å²) in [5.41, 5.74) is 3.14. The third-order valence-electron chi connectivity index (χ3n) is 6.80. The van der Waals surface area contributed by atoms with Gasteiger partial charge in [-0.3, -0.25) is 14.3 Å². The molecule has 2 atom stereocenters. The molecule has 0 fully saturated rings. The van der Waals surface area contributed by atoms with E-state index in [-0.39, 0.29) is 25.2 Å². The lowest BCUT2D eigenvalue weighted by molar-refractivity contribution is 0.0844. The number of aromatic nitrogens is 1. The van der Waals surface area contributed by atoms with Crippen LogP contribution >= 0.6 is 30.8 Å². The van der Waals surface area contributed by atoms with Crippen LogP contribution in [0.3, 0.4) is 0 Å². The van der Waals surface area contributed by atoms with Crippen molar-refractivity contribution in [1.82, 2.24) is 10.3 Å². The van der Waals surface area contributed by atoms with Gasteiger partial charge in [0.2, 0.25) is 0 Å². The summed E-state index contributed by atoms with van der Waals surface area (Å²) in [7, 11) is -4.28. The highest BCUT2D eigenvalue weighted by atomic mass is 35.5. The molecule has 5 rings (SSSR count). The van der Waals surface area contributed by atoms with Crippen molar-refractivity contribution in [3.05, 3.63) is 148 Å². The van der Waals surface area contributed by atoms with Crippen molar-refractivity contribution in [1.29, 1.82) is 0 Å². The number of pyridine rings is 1. The summed E-state index contributed by atoms with van der Waals surface area (Å²) >= 11 is 12.4. The minimum atomic E-state index is -4.28. The standard InChI is InChI=1S/C33H29Cl2N2O5P/c34-28-16-15-25(17-29(28)35)18-31(37-32(38)27-19-26-13-7-8-14-30(26)36-20-27)33(39)43(40,41-21-23-9-3-1-4-10-23)42-22-24-11-5-2-6-12-24/h1-17,19-20,31,33,39H,18,21-22H2,(H,37,38). The fraction of sp³-hybridized carbons (Fsp3) is 0.152. The van der Waals surface area contributed by atoms with Crippen LogP contribution in [-0.2, 0) is 33.2 Å². The Morgan fingerprint density at radius 3 is 2.02 bits per heavy atom. The van der Waals surface area contributed by atoms with E-state index in [2.05, 4.69) is 10.3 Å². The van der Waals surface area contributed by atoms with Gasteiger partial charge in [0, 0.05) is 11.6 Å². The molecule has 1 aromatic heterocycles. The normalized spacial score (nSPS) is 13.0. The van der Waals surface area contributed by atoms with Gasteiger partial charge in [0.05, 0.1) is 40.4 Å². The lowest BCUT2D eigenvalue weighted by atomic mass is 10.1. The van der Waals surface area contributed by atoms with Crippen molar-refractivity contribution in [2.24, 2.45) is 0 Å². The number of nitrogens with zero attached hydrogens (tertiary/aromatic N) is 1. The fourth-order valence-electron chi connectivity index (χ4n) is 4.49. The monoisotopic (exact) mass is 634 g/mol. The Kier molecular flexibility index (Phi) is 10.3. The third-order valence-corrected chi connectivity index (χ3v) is 9.53. The van der Waals surface area contributed by atoms with Crippen LogP contribution in [0.2, 0.25) is 10.0 Å². The first-order valence-corrected chi connectivity index (χ1v) is 15.9. The van der Waals surface area contributed by atoms with Gasteiger partial charge in [0.25, 0.3) is 5.91 Å². The van der Waals surface area contributed by atoms with Crippen LogP contribution in [0.4, 0.5) is 0 Å². The van der Waals surface area contributed by atoms with E-state index in [1.807, 2.05) is 84.9 Å². The van der Waals surface area contributed by atoms with Gasteiger partial charge in [-0.2, -0.15) is 0 Å². The quantitative estimate of drug-likeness (QED) is 0.136. The number of amides is 1. The first-order chi connectivity index (χ1) is 20.8. The molecule has 0 bridgehead atoms. The summed E-state index contributed by atoms with van der Waals surface area (Å²) in [5, 5.41) is 16.0. The summed E-state index contributed by atoms with van der Waals surface area (Å²) < 4.78 is 26.2. The lowest BCUT2D eigenvalue weighted by Gasteiger charge is -2.30. The highest BCUT2D eigenvalue weighted by molar-refractivity contribution is 7.54. The molecule has 1 amide bonds. The van der Waals surface area contributed by atoms with E-state index in [4.69, 9.17) is 32.2 Å². The van der Waals surface area contributed by atoms with Gasteiger partial charge in [-0.1, -0.05) is 108 Å². The molecule has 1 heterocycles. The maximum Gasteiger partial charge on any atom is 0.361 e. The second-order valence-electron chi connectivity index (χ2n) is 9.92. The number of hydrogen-bond donors (Lipinski definition) is 2. The predicted molar refractivity (Wildman–Crippen MR) is 169 cm³/mol. The van der Waals surface area contributed by atoms with Crippen LogP contribution < -0.4 is 5.32 Å². The number of benzene rings is 4. The van der Waals surface area contributed by atoms with E-state index in [0.29, 0.717) is 15.6 Å². The molecular formula is C33H29Cl2N2O5P. The van der Waals surface area contributed by atoms with Gasteiger partial charge in [-0.05, 0) is 47.4 Å². The van der Waals surface area contributed by atoms with Gasteiger partial charge in [0.15, 0.2) is 5.85 Å². The van der Waals surface area contributed by atoms with Gasteiger partial charge in [-0.15, -0.1) is 0 Å². The SMILES string of the molecule is O=C(NC(Cc1ccc(Cl)c(Cl)c1)C(O)P(=O)(OCc1ccccc1)OCc1ccccc1)c1cnc2ccccc2c1. The highest BCUT2D eigenvalue weighted by Gasteiger charge is 2.41. The van der Waals surface area contributed by atoms with E-state index in [9.17, 15) is 14.5 Å². The van der Waals surface area contributed by atoms with Gasteiger partial charge in [-0.25, -0.2) is 0 Å². The molecule has 0 aliphatic heterocycles. The third kappa shape index (κ3) is 8.09. The molecular weight excluding hydrogens is 606 g/mol. The number of para-hydroxylation sites is 1. The Morgan fingerprint density at radius 1 is 0.791 bits per heavy atom. The largest absolute Gasteiger partial charge is 0.379 e. The zero-order chi connectivity index (χ0) is 30.2. The summed E-state index contributed by atoms with van der Waals surface area (Å²) in [5.74, 6) is -2.26. The summed E-state index contributed by atoms with van der Waals surface area (Å²) in [6.07, 6.45) is 1.51. The molecule has 0 saturated carbocycles. The van der Waals surface area contributed by atoms with E-state index < -0.39 is 25.4 Å². The van der Waals surface area contributed by atoms with Crippen LogP contribution in [0.15, 0.2) is 115 Å². The Morgan fingerprint density at radius 2 is 1.40 bits per heavy atom. The Balaban J connectivity index is 1.46. The molecule has 0 radical (unpaired) electrons. The lowest BCUT2D eigenvalue weighted by Crippen LogP contribution is -2.45. The van der Waals surface area contributed by atoms with Crippen molar-refractivity contribution >= 4 is 47.6 Å². The number of hydrogen-bond acceptors (Lipinski definition) is 6. The number of fused-ring (bicyclic) bond motifs is 1. The maximum absolute atomic E-state index is 14.4. The van der Waals surface area contributed by atoms with Crippen molar-refractivity contribution < 1.29 is 23.5 Å². The molecule has 0 saturated heterocycles. The van der Waals surface area contributed by atoms with E-state index >= 15 is 0 Å². The van der Waals surface area contributed by atoms with Crippen molar-refractivity contribution in [3.63, 3.8) is 0 Å². The number of carbonyl (C=O) groups excluding carboxylic acids is 1. The van der Waals surface area contributed by atoms with Crippen molar-refractivity contribution in [3.8, 4) is 0 Å². The summed E-state index contributed by atoms with van der Waals surface area (Å²) in [6.45, 7) is -0.155. The molecule has 7 nitrogen and oxygen atoms in total. The molecule has 5 aromatic rings. The minimum Gasteiger partial charge on any atom is -0.379 e. The van der Waals surface area contributed by atoms with Gasteiger partial charge < -0.3 is 19.5 Å². The number of carbonyl (C=O) groups is 1. The number of nitrogens with one attached hydrogen (secondary N) is 1. The van der Waals surface area contributed by atoms with Gasteiger partial charge in [0.1, 0.15) is 0 Å². The van der Waals surface area contributed by atoms with Crippen molar-refractivity contribution in [2.75, 3.05) is 0 Å². The fourth-order valence-corrected chi connectivity index (χ4v) is 6.47. The van der Waals surface area contributed by atoms with Crippen LogP contribution in [0.1, 0.15) is 27.0 Å². The first-order valence-electron chi connectivity index (χ1n) is 13.5. The van der Waals surface area contributed by atoms with Crippen LogP contribution in [0.5, 0.6) is 0 Å². The molecule has 43 heavy (non-hydrogen) atoms. The Bertz CT molecular complexity index is 1690. The van der Waals surface area contributed by atoms with Gasteiger partial charge >= 0.3 is 7.60 Å². The van der Waals surface area contributed by atoms with E-state index in [1.165, 1.54) is 6.20 Å². The molecule has 2 N–H and O–H groups in total. The second kappa shape index (κ2) is 14.3. The molecule has 0 aliphatic rings. The minimum absolute atomic E-state index is 0.0538. The predicted octanol–water partition coefficient (Wildman–Crippen LogP) is 7.83. The molecule has 4 aromatic carbocycles. The molecule has 10 heteroatoms. The highest BCUT2D eigenvalue weighted by Crippen LogP contribution is 2.55. The van der Waals surface area contributed by atoms with E-state index in [0.717, 1.165) is 22.0 Å². The van der Waals surface area contributed by atoms with E-state index in [1.54, 1.807) is 24.3 Å². The van der Waals surface area contributed by atoms with Crippen LogP contribution in [0, 0.1) is 0 Å². The van der Waals surface area contributed by atoms with Crippen LogP contribution in [0.25, 0.3) is 10.9 Å². The Hall–Kier alpha value is -3.55. The average molecular weight is 635 g/mol. The maximum atomic E-state index is 14.4. The molecule has 2 unspecified atom stereocenters. The number of aliphatic hydroxyl groups excluding tert-OH is 1. The summed E-state index contributed by atoms with van der Waals surface area (Å²) in [6, 6.07) is 31.3. The zero-order valence-electron chi connectivity index (χ0n) is 23.0. The molecule has 220 valence electrons. The zero-order valence-corrected chi connectivity index (χ0v) is 25.4. The summed E-state index contributed by atoms with van der Waals surface area (Å²) in [4.78, 5) is 17.9. The smallest absolute Gasteiger partial charge is 0.361 e. The number of aliphatic hydroxyl groups is 1. The average Bonchev–Trinajstić information content (AvgIpc) is 3.04. The van der Waals surface area contributed by atoms with Crippen LogP contribution in [-0.4, -0.2) is 27.9 Å². The second-order valence-corrected chi connectivity index (χ2v) is 12.9. The van der Waals surface area contributed by atoms with Crippen molar-refractivity contribution in [2.45, 2.75) is 31.5 Å². The molecule has 0 spiro atoms. The molecule has 0 aliphatic carbocycles. The number of rotatable bonds is 12. The Labute approximate surface area is 259 Å². The first kappa shape index (κ1) is 30.9. The topological polar surface area (TPSA) is 97.8 Å².